The molecule has 0 amide bonds. The molecule has 1 rings (SSSR count). The zero-order chi connectivity index (χ0) is 26.7. The van der Waals surface area contributed by atoms with Crippen molar-refractivity contribution in [3.8, 4) is 0 Å². The van der Waals surface area contributed by atoms with Crippen LogP contribution in [0.15, 0.2) is 0 Å². The highest BCUT2D eigenvalue weighted by molar-refractivity contribution is 4.77. The Labute approximate surface area is 224 Å². The molecule has 1 saturated heterocycles. The second kappa shape index (κ2) is 20.7. The standard InChI is InChI=1S/C31H62O5/c1-8-10-24-32-27(5)28(35-30(33-23-9-2)29-25-34-31(6,7)36-29)22-20-18-16-14-12-11-13-15-17-19-21-26(3)4/h26-30H,8-25H2,1-7H3. The van der Waals surface area contributed by atoms with E-state index in [2.05, 4.69) is 34.6 Å². The summed E-state index contributed by atoms with van der Waals surface area (Å²) in [4.78, 5) is 0. The molecule has 4 unspecified atom stereocenters. The van der Waals surface area contributed by atoms with Gasteiger partial charge in [-0.15, -0.1) is 0 Å². The summed E-state index contributed by atoms with van der Waals surface area (Å²) in [6.07, 6.45) is 18.5. The molecule has 0 aliphatic carbocycles. The van der Waals surface area contributed by atoms with Crippen molar-refractivity contribution in [3.63, 3.8) is 0 Å². The second-order valence-corrected chi connectivity index (χ2v) is 11.7. The number of rotatable bonds is 24. The van der Waals surface area contributed by atoms with E-state index in [-0.39, 0.29) is 18.3 Å². The van der Waals surface area contributed by atoms with Crippen LogP contribution in [0.2, 0.25) is 0 Å². The molecule has 0 bridgehead atoms. The first-order valence-electron chi connectivity index (χ1n) is 15.5. The highest BCUT2D eigenvalue weighted by Gasteiger charge is 2.40. The highest BCUT2D eigenvalue weighted by atomic mass is 16.8. The van der Waals surface area contributed by atoms with Crippen LogP contribution in [0.1, 0.15) is 145 Å². The van der Waals surface area contributed by atoms with Crippen LogP contribution in [-0.2, 0) is 23.7 Å². The van der Waals surface area contributed by atoms with E-state index in [0.29, 0.717) is 13.2 Å². The average Bonchev–Trinajstić information content (AvgIpc) is 3.20. The Hall–Kier alpha value is -0.200. The van der Waals surface area contributed by atoms with Crippen LogP contribution in [0.5, 0.6) is 0 Å². The normalized spacial score (nSPS) is 20.2. The first-order chi connectivity index (χ1) is 17.3. The van der Waals surface area contributed by atoms with Gasteiger partial charge in [0, 0.05) is 13.2 Å². The maximum Gasteiger partial charge on any atom is 0.186 e. The van der Waals surface area contributed by atoms with Crippen LogP contribution in [0.3, 0.4) is 0 Å². The van der Waals surface area contributed by atoms with Gasteiger partial charge in [0.15, 0.2) is 12.1 Å². The smallest absolute Gasteiger partial charge is 0.186 e. The van der Waals surface area contributed by atoms with E-state index in [0.717, 1.165) is 44.6 Å². The monoisotopic (exact) mass is 514 g/mol. The van der Waals surface area contributed by atoms with Gasteiger partial charge in [-0.25, -0.2) is 0 Å². The van der Waals surface area contributed by atoms with Gasteiger partial charge in [0.1, 0.15) is 6.10 Å². The van der Waals surface area contributed by atoms with Crippen LogP contribution >= 0.6 is 0 Å². The molecule has 0 N–H and O–H groups in total. The largest absolute Gasteiger partial charge is 0.376 e. The summed E-state index contributed by atoms with van der Waals surface area (Å²) in [5.74, 6) is 0.266. The zero-order valence-corrected chi connectivity index (χ0v) is 25.2. The highest BCUT2D eigenvalue weighted by Crippen LogP contribution is 2.28. The molecule has 0 aromatic heterocycles. The van der Waals surface area contributed by atoms with E-state index >= 15 is 0 Å². The molecule has 4 atom stereocenters. The third-order valence-corrected chi connectivity index (χ3v) is 7.05. The summed E-state index contributed by atoms with van der Waals surface area (Å²) in [5, 5.41) is 0. The van der Waals surface area contributed by atoms with Crippen LogP contribution in [0.25, 0.3) is 0 Å². The third-order valence-electron chi connectivity index (χ3n) is 7.05. The first-order valence-corrected chi connectivity index (χ1v) is 15.5. The van der Waals surface area contributed by atoms with Crippen molar-refractivity contribution in [2.24, 2.45) is 5.92 Å². The number of hydrogen-bond acceptors (Lipinski definition) is 5. The van der Waals surface area contributed by atoms with Gasteiger partial charge in [0.2, 0.25) is 0 Å². The minimum Gasteiger partial charge on any atom is -0.376 e. The lowest BCUT2D eigenvalue weighted by molar-refractivity contribution is -0.249. The summed E-state index contributed by atoms with van der Waals surface area (Å²) >= 11 is 0. The van der Waals surface area contributed by atoms with Crippen molar-refractivity contribution >= 4 is 0 Å². The fourth-order valence-electron chi connectivity index (χ4n) is 4.74. The van der Waals surface area contributed by atoms with Gasteiger partial charge in [-0.2, -0.15) is 0 Å². The third kappa shape index (κ3) is 16.6. The van der Waals surface area contributed by atoms with Crippen LogP contribution in [0.4, 0.5) is 0 Å². The number of unbranched alkanes of at least 4 members (excludes halogenated alkanes) is 10. The molecule has 0 aromatic rings. The minimum absolute atomic E-state index is 0.00173. The van der Waals surface area contributed by atoms with E-state index in [4.69, 9.17) is 23.7 Å². The molecule has 1 fully saturated rings. The van der Waals surface area contributed by atoms with E-state index in [1.807, 2.05) is 13.8 Å². The molecule has 5 heteroatoms. The molecule has 0 spiro atoms. The summed E-state index contributed by atoms with van der Waals surface area (Å²) in [5.41, 5.74) is 0. The summed E-state index contributed by atoms with van der Waals surface area (Å²) in [6, 6.07) is 0. The molecule has 0 saturated carbocycles. The Morgan fingerprint density at radius 2 is 1.31 bits per heavy atom. The van der Waals surface area contributed by atoms with Crippen molar-refractivity contribution in [1.82, 2.24) is 0 Å². The predicted octanol–water partition coefficient (Wildman–Crippen LogP) is 8.82. The first kappa shape index (κ1) is 33.8. The molecule has 0 radical (unpaired) electrons. The Kier molecular flexibility index (Phi) is 19.5. The Morgan fingerprint density at radius 1 is 0.722 bits per heavy atom. The SMILES string of the molecule is CCCCOC(C)C(CCCCCCCCCCCCC(C)C)OC(OCCC)C1COC(C)(C)O1. The Balaban J connectivity index is 2.40. The Bertz CT molecular complexity index is 495. The van der Waals surface area contributed by atoms with E-state index in [1.54, 1.807) is 0 Å². The maximum absolute atomic E-state index is 6.58. The molecule has 36 heavy (non-hydrogen) atoms. The molecule has 1 aliphatic rings. The summed E-state index contributed by atoms with van der Waals surface area (Å²) in [7, 11) is 0. The van der Waals surface area contributed by atoms with E-state index in [1.165, 1.54) is 64.2 Å². The van der Waals surface area contributed by atoms with E-state index < -0.39 is 12.1 Å². The lowest BCUT2D eigenvalue weighted by Gasteiger charge is -2.32. The molecule has 1 heterocycles. The maximum atomic E-state index is 6.58. The van der Waals surface area contributed by atoms with Gasteiger partial charge >= 0.3 is 0 Å². The molecule has 216 valence electrons. The topological polar surface area (TPSA) is 46.2 Å². The molecule has 5 nitrogen and oxygen atoms in total. The fraction of sp³-hybridized carbons (Fsp3) is 1.00. The van der Waals surface area contributed by atoms with Crippen molar-refractivity contribution in [2.45, 2.75) is 175 Å². The quantitative estimate of drug-likeness (QED) is 0.0951. The lowest BCUT2D eigenvalue weighted by Crippen LogP contribution is -2.42. The van der Waals surface area contributed by atoms with Crippen LogP contribution < -0.4 is 0 Å². The fourth-order valence-corrected chi connectivity index (χ4v) is 4.74. The van der Waals surface area contributed by atoms with Gasteiger partial charge in [-0.05, 0) is 46.0 Å². The van der Waals surface area contributed by atoms with Crippen molar-refractivity contribution in [3.05, 3.63) is 0 Å². The van der Waals surface area contributed by atoms with Gasteiger partial charge in [-0.3, -0.25) is 0 Å². The van der Waals surface area contributed by atoms with Gasteiger partial charge in [0.25, 0.3) is 0 Å². The van der Waals surface area contributed by atoms with Crippen molar-refractivity contribution < 1.29 is 23.7 Å². The van der Waals surface area contributed by atoms with Crippen LogP contribution in [-0.4, -0.2) is 50.2 Å². The summed E-state index contributed by atoms with van der Waals surface area (Å²) in [6.45, 7) is 16.9. The molecular formula is C31H62O5. The van der Waals surface area contributed by atoms with Crippen molar-refractivity contribution in [1.29, 1.82) is 0 Å². The predicted molar refractivity (Wildman–Crippen MR) is 150 cm³/mol. The lowest BCUT2D eigenvalue weighted by atomic mass is 10.0. The second-order valence-electron chi connectivity index (χ2n) is 11.7. The van der Waals surface area contributed by atoms with Gasteiger partial charge in [0.05, 0.1) is 18.8 Å². The molecular weight excluding hydrogens is 452 g/mol. The Morgan fingerprint density at radius 3 is 1.81 bits per heavy atom. The zero-order valence-electron chi connectivity index (χ0n) is 25.2. The molecule has 1 aliphatic heterocycles. The summed E-state index contributed by atoms with van der Waals surface area (Å²) < 4.78 is 30.8. The van der Waals surface area contributed by atoms with Crippen LogP contribution in [0, 0.1) is 5.92 Å². The van der Waals surface area contributed by atoms with E-state index in [9.17, 15) is 0 Å². The number of ether oxygens (including phenoxy) is 5. The number of hydrogen-bond donors (Lipinski definition) is 0. The minimum atomic E-state index is -0.589. The van der Waals surface area contributed by atoms with Crippen molar-refractivity contribution in [2.75, 3.05) is 19.8 Å². The van der Waals surface area contributed by atoms with Gasteiger partial charge < -0.3 is 23.7 Å². The molecule has 0 aromatic carbocycles. The average molecular weight is 515 g/mol. The van der Waals surface area contributed by atoms with Gasteiger partial charge in [-0.1, -0.05) is 105 Å².